The number of ether oxygens (including phenoxy) is 2. The fraction of sp³-hybridized carbons (Fsp3) is 0.143. The number of halogens is 1. The van der Waals surface area contributed by atoms with E-state index in [2.05, 4.69) is 10.5 Å². The van der Waals surface area contributed by atoms with Crippen LogP contribution in [0.3, 0.4) is 0 Å². The Bertz CT molecular complexity index is 1000. The molecule has 0 aromatic heterocycles. The Hall–Kier alpha value is -3.41. The normalized spacial score (nSPS) is 11.3. The van der Waals surface area contributed by atoms with Crippen LogP contribution < -0.4 is 14.9 Å². The van der Waals surface area contributed by atoms with Crippen molar-refractivity contribution in [1.29, 1.82) is 0 Å². The van der Waals surface area contributed by atoms with E-state index in [1.54, 1.807) is 20.1 Å². The molecule has 3 aromatic carbocycles. The minimum atomic E-state index is -0.427. The summed E-state index contributed by atoms with van der Waals surface area (Å²) < 4.78 is 23.5. The summed E-state index contributed by atoms with van der Waals surface area (Å²) in [5.41, 5.74) is 3.99. The Morgan fingerprint density at radius 2 is 1.81 bits per heavy atom. The lowest BCUT2D eigenvalue weighted by molar-refractivity contribution is -0.123. The van der Waals surface area contributed by atoms with Crippen LogP contribution in [-0.2, 0) is 4.79 Å². The number of nitrogens with zero attached hydrogens (tertiary/aromatic N) is 1. The number of benzene rings is 3. The maximum Gasteiger partial charge on any atom is 0.277 e. The monoisotopic (exact) mass is 366 g/mol. The number of hydrogen-bond donors (Lipinski definition) is 1. The average Bonchev–Trinajstić information content (AvgIpc) is 2.69. The van der Waals surface area contributed by atoms with E-state index >= 15 is 0 Å². The molecule has 0 radical (unpaired) electrons. The van der Waals surface area contributed by atoms with Gasteiger partial charge < -0.3 is 9.47 Å². The third kappa shape index (κ3) is 4.82. The van der Waals surface area contributed by atoms with E-state index in [-0.39, 0.29) is 12.4 Å². The van der Waals surface area contributed by atoms with Crippen LogP contribution in [0.25, 0.3) is 10.8 Å². The summed E-state index contributed by atoms with van der Waals surface area (Å²) in [6.45, 7) is 1.55. The van der Waals surface area contributed by atoms with E-state index in [1.165, 1.54) is 18.2 Å². The zero-order valence-corrected chi connectivity index (χ0v) is 15.0. The fourth-order valence-electron chi connectivity index (χ4n) is 2.52. The maximum atomic E-state index is 13.1. The number of amides is 1. The lowest BCUT2D eigenvalue weighted by Crippen LogP contribution is -2.25. The van der Waals surface area contributed by atoms with Crippen molar-refractivity contribution in [3.63, 3.8) is 0 Å². The Morgan fingerprint density at radius 3 is 2.59 bits per heavy atom. The third-order valence-corrected chi connectivity index (χ3v) is 3.98. The van der Waals surface area contributed by atoms with Crippen molar-refractivity contribution in [1.82, 2.24) is 5.43 Å². The van der Waals surface area contributed by atoms with Crippen molar-refractivity contribution in [3.05, 3.63) is 72.0 Å². The second kappa shape index (κ2) is 8.31. The zero-order valence-electron chi connectivity index (χ0n) is 15.0. The molecule has 5 nitrogen and oxygen atoms in total. The number of methoxy groups -OCH3 is 1. The number of hydrazone groups is 1. The molecule has 0 saturated carbocycles. The number of carbonyl (C=O) groups is 1. The Kier molecular flexibility index (Phi) is 5.66. The van der Waals surface area contributed by atoms with Crippen LogP contribution in [0.5, 0.6) is 11.5 Å². The van der Waals surface area contributed by atoms with Crippen molar-refractivity contribution in [2.24, 2.45) is 5.10 Å². The average molecular weight is 366 g/mol. The molecule has 0 bridgehead atoms. The molecule has 0 saturated heterocycles. The summed E-state index contributed by atoms with van der Waals surface area (Å²) in [7, 11) is 1.63. The molecule has 3 rings (SSSR count). The molecule has 0 atom stereocenters. The van der Waals surface area contributed by atoms with Gasteiger partial charge in [-0.2, -0.15) is 5.10 Å². The lowest BCUT2D eigenvalue weighted by atomic mass is 10.0. The predicted molar refractivity (Wildman–Crippen MR) is 103 cm³/mol. The van der Waals surface area contributed by atoms with Crippen LogP contribution in [0.1, 0.15) is 12.5 Å². The second-order valence-electron chi connectivity index (χ2n) is 5.91. The van der Waals surface area contributed by atoms with Gasteiger partial charge in [0.25, 0.3) is 5.91 Å². The first-order valence-electron chi connectivity index (χ1n) is 8.35. The number of hydrogen-bond acceptors (Lipinski definition) is 4. The predicted octanol–water partition coefficient (Wildman–Crippen LogP) is 3.91. The third-order valence-electron chi connectivity index (χ3n) is 3.98. The summed E-state index contributed by atoms with van der Waals surface area (Å²) in [5, 5.41) is 6.20. The molecule has 0 aliphatic carbocycles. The minimum Gasteiger partial charge on any atom is -0.497 e. The van der Waals surface area contributed by atoms with Gasteiger partial charge in [-0.3, -0.25) is 4.79 Å². The van der Waals surface area contributed by atoms with Gasteiger partial charge in [-0.05, 0) is 53.6 Å². The van der Waals surface area contributed by atoms with Gasteiger partial charge >= 0.3 is 0 Å². The van der Waals surface area contributed by atoms with E-state index in [1.807, 2.05) is 36.4 Å². The zero-order chi connectivity index (χ0) is 19.2. The molecule has 0 aliphatic rings. The van der Waals surface area contributed by atoms with Crippen LogP contribution in [0, 0.1) is 5.82 Å². The highest BCUT2D eigenvalue weighted by atomic mass is 19.1. The molecule has 3 aromatic rings. The van der Waals surface area contributed by atoms with Crippen LogP contribution in [0.4, 0.5) is 4.39 Å². The molecule has 138 valence electrons. The van der Waals surface area contributed by atoms with Crippen molar-refractivity contribution in [2.45, 2.75) is 6.92 Å². The first-order valence-corrected chi connectivity index (χ1v) is 8.35. The number of fused-ring (bicyclic) bond motifs is 1. The van der Waals surface area contributed by atoms with Crippen molar-refractivity contribution in [3.8, 4) is 11.5 Å². The molecule has 27 heavy (non-hydrogen) atoms. The highest BCUT2D eigenvalue weighted by Crippen LogP contribution is 2.22. The standard InChI is InChI=1S/C21H19FN2O3/c1-14(15-6-7-17-11-19(26-2)9-8-16(17)10-15)23-24-21(25)13-27-20-5-3-4-18(22)12-20/h3-12H,13H2,1-2H3,(H,24,25)/b23-14-. The Morgan fingerprint density at radius 1 is 1.04 bits per heavy atom. The van der Waals surface area contributed by atoms with E-state index in [0.717, 1.165) is 22.1 Å². The Labute approximate surface area is 156 Å². The van der Waals surface area contributed by atoms with Crippen LogP contribution in [0.15, 0.2) is 65.8 Å². The fourth-order valence-corrected chi connectivity index (χ4v) is 2.52. The topological polar surface area (TPSA) is 59.9 Å². The van der Waals surface area contributed by atoms with E-state index in [9.17, 15) is 9.18 Å². The summed E-state index contributed by atoms with van der Waals surface area (Å²) in [6, 6.07) is 17.3. The molecular weight excluding hydrogens is 347 g/mol. The first-order chi connectivity index (χ1) is 13.0. The molecule has 1 N–H and O–H groups in total. The van der Waals surface area contributed by atoms with Crippen molar-refractivity contribution >= 4 is 22.4 Å². The Balaban J connectivity index is 1.62. The number of rotatable bonds is 6. The van der Waals surface area contributed by atoms with Gasteiger partial charge in [-0.1, -0.05) is 24.3 Å². The van der Waals surface area contributed by atoms with Gasteiger partial charge in [-0.25, -0.2) is 9.82 Å². The highest BCUT2D eigenvalue weighted by Gasteiger charge is 2.05. The van der Waals surface area contributed by atoms with Crippen LogP contribution in [-0.4, -0.2) is 25.3 Å². The molecule has 1 amide bonds. The second-order valence-corrected chi connectivity index (χ2v) is 5.91. The molecule has 0 heterocycles. The minimum absolute atomic E-state index is 0.252. The summed E-state index contributed by atoms with van der Waals surface area (Å²) >= 11 is 0. The van der Waals surface area contributed by atoms with Gasteiger partial charge in [-0.15, -0.1) is 0 Å². The smallest absolute Gasteiger partial charge is 0.277 e. The van der Waals surface area contributed by atoms with Gasteiger partial charge in [0.2, 0.25) is 0 Å². The molecular formula is C21H19FN2O3. The highest BCUT2D eigenvalue weighted by molar-refractivity contribution is 6.02. The van der Waals surface area contributed by atoms with Gasteiger partial charge in [0.15, 0.2) is 6.61 Å². The van der Waals surface area contributed by atoms with E-state index < -0.39 is 11.7 Å². The largest absolute Gasteiger partial charge is 0.497 e. The van der Waals surface area contributed by atoms with Gasteiger partial charge in [0, 0.05) is 6.07 Å². The first kappa shape index (κ1) is 18.4. The summed E-state index contributed by atoms with van der Waals surface area (Å²) in [4.78, 5) is 11.9. The lowest BCUT2D eigenvalue weighted by Gasteiger charge is -2.07. The number of carbonyl (C=O) groups excluding carboxylic acids is 1. The van der Waals surface area contributed by atoms with Crippen molar-refractivity contribution in [2.75, 3.05) is 13.7 Å². The summed E-state index contributed by atoms with van der Waals surface area (Å²) in [5.74, 6) is 0.238. The number of nitrogens with one attached hydrogen (secondary N) is 1. The molecule has 6 heteroatoms. The van der Waals surface area contributed by atoms with E-state index in [0.29, 0.717) is 5.71 Å². The SMILES string of the molecule is COc1ccc2cc(/C(C)=N\NC(=O)COc3cccc(F)c3)ccc2c1. The van der Waals surface area contributed by atoms with Crippen LogP contribution >= 0.6 is 0 Å². The molecule has 0 spiro atoms. The van der Waals surface area contributed by atoms with E-state index in [4.69, 9.17) is 9.47 Å². The maximum absolute atomic E-state index is 13.1. The summed E-state index contributed by atoms with van der Waals surface area (Å²) in [6.07, 6.45) is 0. The quantitative estimate of drug-likeness (QED) is 0.532. The molecule has 0 aliphatic heterocycles. The van der Waals surface area contributed by atoms with Crippen LogP contribution in [0.2, 0.25) is 0 Å². The van der Waals surface area contributed by atoms with Crippen molar-refractivity contribution < 1.29 is 18.7 Å². The molecule has 0 unspecified atom stereocenters. The van der Waals surface area contributed by atoms with Gasteiger partial charge in [0.05, 0.1) is 12.8 Å². The molecule has 0 fully saturated rings. The van der Waals surface area contributed by atoms with Gasteiger partial charge in [0.1, 0.15) is 17.3 Å².